The maximum atomic E-state index is 14.1. The number of carbonyl (C=O) groups excluding carboxylic acids is 3. The molecule has 0 saturated heterocycles. The smallest absolute Gasteiger partial charge is 0.408 e. The molecular formula is C32H37N3O4. The Morgan fingerprint density at radius 2 is 1.64 bits per heavy atom. The SMILES string of the molecule is C#Cc1ccccc1C(C(=O)NC1CCCCC1)N(C#C)C(=O)C(Cc1ccccc1)NC(=O)OC(C)(C)C. The van der Waals surface area contributed by atoms with Crippen molar-refractivity contribution >= 4 is 17.9 Å². The molecule has 2 aromatic rings. The molecule has 2 aromatic carbocycles. The van der Waals surface area contributed by atoms with Gasteiger partial charge in [0.1, 0.15) is 17.7 Å². The van der Waals surface area contributed by atoms with Crippen LogP contribution >= 0.6 is 0 Å². The summed E-state index contributed by atoms with van der Waals surface area (Å²) in [6, 6.07) is 16.3. The molecule has 1 aliphatic rings. The summed E-state index contributed by atoms with van der Waals surface area (Å²) in [6.07, 6.45) is 15.9. The molecule has 2 unspecified atom stereocenters. The van der Waals surface area contributed by atoms with Crippen LogP contribution in [-0.2, 0) is 20.7 Å². The first kappa shape index (κ1) is 29.3. The lowest BCUT2D eigenvalue weighted by Crippen LogP contribution is -2.53. The lowest BCUT2D eigenvalue weighted by atomic mass is 9.93. The summed E-state index contributed by atoms with van der Waals surface area (Å²) in [5.41, 5.74) is 0.921. The zero-order chi connectivity index (χ0) is 28.4. The van der Waals surface area contributed by atoms with Crippen LogP contribution in [0.4, 0.5) is 4.79 Å². The fraction of sp³-hybridized carbons (Fsp3) is 0.406. The second kappa shape index (κ2) is 13.5. The third-order valence-corrected chi connectivity index (χ3v) is 6.52. The van der Waals surface area contributed by atoms with Crippen molar-refractivity contribution in [3.8, 4) is 24.8 Å². The van der Waals surface area contributed by atoms with Crippen LogP contribution in [0.1, 0.15) is 75.6 Å². The van der Waals surface area contributed by atoms with Gasteiger partial charge in [-0.05, 0) is 45.2 Å². The van der Waals surface area contributed by atoms with E-state index >= 15 is 0 Å². The highest BCUT2D eigenvalue weighted by atomic mass is 16.6. The first-order chi connectivity index (χ1) is 18.6. The first-order valence-electron chi connectivity index (χ1n) is 13.3. The van der Waals surface area contributed by atoms with E-state index in [4.69, 9.17) is 17.6 Å². The average Bonchev–Trinajstić information content (AvgIpc) is 2.91. The molecule has 0 spiro atoms. The maximum Gasteiger partial charge on any atom is 0.408 e. The van der Waals surface area contributed by atoms with Crippen LogP contribution < -0.4 is 10.6 Å². The third kappa shape index (κ3) is 8.38. The molecule has 0 heterocycles. The van der Waals surface area contributed by atoms with Gasteiger partial charge in [-0.15, -0.1) is 6.42 Å². The highest BCUT2D eigenvalue weighted by Crippen LogP contribution is 2.27. The molecule has 204 valence electrons. The van der Waals surface area contributed by atoms with E-state index < -0.39 is 35.6 Å². The minimum absolute atomic E-state index is 0.0125. The molecule has 7 nitrogen and oxygen atoms in total. The molecule has 0 aliphatic heterocycles. The van der Waals surface area contributed by atoms with Gasteiger partial charge in [0.25, 0.3) is 5.91 Å². The number of amides is 3. The number of hydrogen-bond acceptors (Lipinski definition) is 4. The van der Waals surface area contributed by atoms with Gasteiger partial charge in [-0.2, -0.15) is 0 Å². The molecule has 7 heteroatoms. The molecule has 0 aromatic heterocycles. The maximum absolute atomic E-state index is 14.1. The fourth-order valence-electron chi connectivity index (χ4n) is 4.72. The number of rotatable bonds is 8. The predicted octanol–water partition coefficient (Wildman–Crippen LogP) is 4.71. The van der Waals surface area contributed by atoms with E-state index in [9.17, 15) is 14.4 Å². The van der Waals surface area contributed by atoms with Crippen molar-refractivity contribution in [3.05, 3.63) is 71.3 Å². The zero-order valence-corrected chi connectivity index (χ0v) is 22.9. The molecule has 2 N–H and O–H groups in total. The fourth-order valence-corrected chi connectivity index (χ4v) is 4.72. The highest BCUT2D eigenvalue weighted by Gasteiger charge is 2.37. The van der Waals surface area contributed by atoms with Gasteiger partial charge in [0, 0.05) is 29.6 Å². The van der Waals surface area contributed by atoms with Gasteiger partial charge in [0.2, 0.25) is 5.91 Å². The highest BCUT2D eigenvalue weighted by molar-refractivity contribution is 5.94. The molecule has 3 amide bonds. The molecular weight excluding hydrogens is 490 g/mol. The monoisotopic (exact) mass is 527 g/mol. The molecule has 1 aliphatic carbocycles. The molecule has 1 saturated carbocycles. The van der Waals surface area contributed by atoms with E-state index in [1.54, 1.807) is 45.0 Å². The first-order valence-corrected chi connectivity index (χ1v) is 13.3. The Hall–Kier alpha value is -4.23. The van der Waals surface area contributed by atoms with Crippen molar-refractivity contribution in [1.82, 2.24) is 15.5 Å². The predicted molar refractivity (Wildman–Crippen MR) is 151 cm³/mol. The van der Waals surface area contributed by atoms with E-state index in [0.717, 1.165) is 42.6 Å². The van der Waals surface area contributed by atoms with Crippen LogP contribution in [0.15, 0.2) is 54.6 Å². The Morgan fingerprint density at radius 3 is 2.26 bits per heavy atom. The van der Waals surface area contributed by atoms with Crippen LogP contribution in [0.25, 0.3) is 0 Å². The number of nitrogens with zero attached hydrogens (tertiary/aromatic N) is 1. The largest absolute Gasteiger partial charge is 0.444 e. The Morgan fingerprint density at radius 1 is 1.00 bits per heavy atom. The number of ether oxygens (including phenoxy) is 1. The van der Waals surface area contributed by atoms with Gasteiger partial charge < -0.3 is 15.4 Å². The summed E-state index contributed by atoms with van der Waals surface area (Å²) in [5, 5.41) is 5.76. The second-order valence-electron chi connectivity index (χ2n) is 10.7. The molecule has 2 atom stereocenters. The van der Waals surface area contributed by atoms with E-state index in [2.05, 4.69) is 22.6 Å². The Balaban J connectivity index is 1.99. The van der Waals surface area contributed by atoms with Crippen LogP contribution in [-0.4, -0.2) is 40.5 Å². The quantitative estimate of drug-likeness (QED) is 0.384. The van der Waals surface area contributed by atoms with Crippen LogP contribution in [0.2, 0.25) is 0 Å². The minimum atomic E-state index is -1.18. The number of carbonyl (C=O) groups is 3. The summed E-state index contributed by atoms with van der Waals surface area (Å²) in [6.45, 7) is 5.20. The lowest BCUT2D eigenvalue weighted by Gasteiger charge is -2.32. The van der Waals surface area contributed by atoms with Crippen molar-refractivity contribution in [2.75, 3.05) is 0 Å². The van der Waals surface area contributed by atoms with Crippen molar-refractivity contribution in [3.63, 3.8) is 0 Å². The van der Waals surface area contributed by atoms with Crippen LogP contribution in [0.5, 0.6) is 0 Å². The third-order valence-electron chi connectivity index (χ3n) is 6.52. The summed E-state index contributed by atoms with van der Waals surface area (Å²) in [4.78, 5) is 41.7. The number of terminal acetylenes is 2. The van der Waals surface area contributed by atoms with Crippen molar-refractivity contribution in [1.29, 1.82) is 0 Å². The summed E-state index contributed by atoms with van der Waals surface area (Å²) in [7, 11) is 0. The van der Waals surface area contributed by atoms with Crippen molar-refractivity contribution < 1.29 is 19.1 Å². The van der Waals surface area contributed by atoms with Gasteiger partial charge in [-0.1, -0.05) is 80.1 Å². The summed E-state index contributed by atoms with van der Waals surface area (Å²) in [5.74, 6) is 1.57. The number of alkyl carbamates (subject to hydrolysis) is 1. The van der Waals surface area contributed by atoms with Gasteiger partial charge in [0.05, 0.1) is 0 Å². The molecule has 0 bridgehead atoms. The lowest BCUT2D eigenvalue weighted by molar-refractivity contribution is -0.139. The van der Waals surface area contributed by atoms with E-state index in [0.29, 0.717) is 11.1 Å². The normalized spacial score (nSPS) is 15.1. The van der Waals surface area contributed by atoms with E-state index in [1.807, 2.05) is 30.3 Å². The zero-order valence-electron chi connectivity index (χ0n) is 22.9. The van der Waals surface area contributed by atoms with Crippen LogP contribution in [0, 0.1) is 24.8 Å². The number of benzene rings is 2. The molecule has 3 rings (SSSR count). The Bertz CT molecular complexity index is 1230. The summed E-state index contributed by atoms with van der Waals surface area (Å²) < 4.78 is 5.42. The molecule has 0 radical (unpaired) electrons. The van der Waals surface area contributed by atoms with Gasteiger partial charge in [0.15, 0.2) is 0 Å². The van der Waals surface area contributed by atoms with Gasteiger partial charge >= 0.3 is 6.09 Å². The van der Waals surface area contributed by atoms with E-state index in [1.165, 1.54) is 0 Å². The van der Waals surface area contributed by atoms with Crippen molar-refractivity contribution in [2.45, 2.75) is 83.0 Å². The van der Waals surface area contributed by atoms with Gasteiger partial charge in [-0.3, -0.25) is 14.5 Å². The molecule has 1 fully saturated rings. The number of nitrogens with one attached hydrogen (secondary N) is 2. The second-order valence-corrected chi connectivity index (χ2v) is 10.7. The minimum Gasteiger partial charge on any atom is -0.444 e. The average molecular weight is 528 g/mol. The number of hydrogen-bond donors (Lipinski definition) is 2. The topological polar surface area (TPSA) is 87.7 Å². The Kier molecular flexibility index (Phi) is 10.2. The van der Waals surface area contributed by atoms with E-state index in [-0.39, 0.29) is 12.5 Å². The standard InChI is InChI=1S/C32H37N3O4/c1-6-24-18-14-15-21-26(24)28(29(36)33-25-19-12-9-13-20-25)35(7-2)30(37)27(22-23-16-10-8-11-17-23)34-31(38)39-32(3,4)5/h1-2,8,10-11,14-18,21,25,27-28H,9,12-13,19-20,22H2,3-5H3,(H,33,36)(H,34,38). The van der Waals surface area contributed by atoms with Crippen LogP contribution in [0.3, 0.4) is 0 Å². The van der Waals surface area contributed by atoms with Gasteiger partial charge in [-0.25, -0.2) is 4.79 Å². The van der Waals surface area contributed by atoms with Crippen molar-refractivity contribution in [2.24, 2.45) is 0 Å². The Labute approximate surface area is 231 Å². The molecule has 39 heavy (non-hydrogen) atoms. The summed E-state index contributed by atoms with van der Waals surface area (Å²) >= 11 is 0.